The lowest BCUT2D eigenvalue weighted by Gasteiger charge is -2.43. The fraction of sp³-hybridized carbons (Fsp3) is 0.800. The van der Waals surface area contributed by atoms with Gasteiger partial charge < -0.3 is 18.9 Å². The molecule has 2 saturated carbocycles. The monoisotopic (exact) mass is 362 g/mol. The molecule has 0 N–H and O–H groups in total. The highest BCUT2D eigenvalue weighted by molar-refractivity contribution is 5.92. The zero-order valence-corrected chi connectivity index (χ0v) is 16.1. The molecule has 144 valence electrons. The van der Waals surface area contributed by atoms with Crippen LogP contribution in [0.5, 0.6) is 0 Å². The average molecular weight is 362 g/mol. The number of hydrogen-bond acceptors (Lipinski definition) is 5. The van der Waals surface area contributed by atoms with Crippen molar-refractivity contribution in [2.45, 2.75) is 76.0 Å². The van der Waals surface area contributed by atoms with Gasteiger partial charge in [-0.2, -0.15) is 0 Å². The second-order valence-corrected chi connectivity index (χ2v) is 8.48. The summed E-state index contributed by atoms with van der Waals surface area (Å²) in [6, 6.07) is 1.83. The van der Waals surface area contributed by atoms with Gasteiger partial charge in [-0.15, -0.1) is 0 Å². The third-order valence-corrected chi connectivity index (χ3v) is 6.38. The van der Waals surface area contributed by atoms with E-state index in [1.165, 1.54) is 12.8 Å². The summed E-state index contributed by atoms with van der Waals surface area (Å²) in [7, 11) is 1.78. The number of rotatable bonds is 6. The highest BCUT2D eigenvalue weighted by atomic mass is 16.5. The average Bonchev–Trinajstić information content (AvgIpc) is 3.20. The van der Waals surface area contributed by atoms with Crippen molar-refractivity contribution in [1.29, 1.82) is 0 Å². The molecule has 0 spiro atoms. The smallest absolute Gasteiger partial charge is 0.276 e. The van der Waals surface area contributed by atoms with Crippen LogP contribution in [0.1, 0.15) is 74.5 Å². The van der Waals surface area contributed by atoms with E-state index < -0.39 is 0 Å². The number of amides is 1. The molecule has 3 aliphatic rings. The maximum Gasteiger partial charge on any atom is 0.276 e. The van der Waals surface area contributed by atoms with E-state index in [9.17, 15) is 4.79 Å². The van der Waals surface area contributed by atoms with Gasteiger partial charge in [0.25, 0.3) is 5.91 Å². The fourth-order valence-corrected chi connectivity index (χ4v) is 4.42. The van der Waals surface area contributed by atoms with Gasteiger partial charge in [-0.3, -0.25) is 4.79 Å². The predicted molar refractivity (Wildman–Crippen MR) is 96.1 cm³/mol. The van der Waals surface area contributed by atoms with E-state index >= 15 is 0 Å². The first kappa shape index (κ1) is 18.0. The molecule has 0 aromatic carbocycles. The number of hydrogen-bond donors (Lipinski definition) is 0. The second kappa shape index (κ2) is 6.97. The zero-order valence-electron chi connectivity index (χ0n) is 16.1. The molecule has 26 heavy (non-hydrogen) atoms. The van der Waals surface area contributed by atoms with Crippen LogP contribution in [0.25, 0.3) is 0 Å². The Balaban J connectivity index is 1.48. The van der Waals surface area contributed by atoms with Crippen molar-refractivity contribution in [3.63, 3.8) is 0 Å². The molecule has 2 heterocycles. The highest BCUT2D eigenvalue weighted by Gasteiger charge is 2.53. The van der Waals surface area contributed by atoms with E-state index in [2.05, 4.69) is 5.16 Å². The molecule has 1 aromatic heterocycles. The van der Waals surface area contributed by atoms with Crippen LogP contribution in [0, 0.1) is 5.92 Å². The summed E-state index contributed by atoms with van der Waals surface area (Å²) in [5.41, 5.74) is 0.168. The van der Waals surface area contributed by atoms with Crippen molar-refractivity contribution >= 4 is 5.91 Å². The van der Waals surface area contributed by atoms with Gasteiger partial charge in [0.2, 0.25) is 0 Å². The van der Waals surface area contributed by atoms with Gasteiger partial charge in [0.05, 0.1) is 17.7 Å². The largest absolute Gasteiger partial charge is 0.378 e. The summed E-state index contributed by atoms with van der Waals surface area (Å²) in [5, 5.41) is 4.02. The molecule has 1 aromatic rings. The minimum absolute atomic E-state index is 0.0487. The van der Waals surface area contributed by atoms with Crippen LogP contribution >= 0.6 is 0 Å². The van der Waals surface area contributed by atoms with Crippen LogP contribution in [0.3, 0.4) is 0 Å². The van der Waals surface area contributed by atoms with Gasteiger partial charge in [0.1, 0.15) is 5.76 Å². The maximum absolute atomic E-state index is 13.1. The van der Waals surface area contributed by atoms with Crippen LogP contribution in [-0.2, 0) is 9.47 Å². The van der Waals surface area contributed by atoms with Crippen molar-refractivity contribution < 1.29 is 18.8 Å². The molecule has 0 radical (unpaired) electrons. The molecule has 2 aliphatic carbocycles. The summed E-state index contributed by atoms with van der Waals surface area (Å²) >= 11 is 0. The quantitative estimate of drug-likeness (QED) is 0.776. The van der Waals surface area contributed by atoms with Gasteiger partial charge in [0.15, 0.2) is 5.69 Å². The summed E-state index contributed by atoms with van der Waals surface area (Å²) in [4.78, 5) is 15.0. The second-order valence-electron chi connectivity index (χ2n) is 8.48. The molecule has 6 nitrogen and oxygen atoms in total. The molecule has 1 aliphatic heterocycles. The van der Waals surface area contributed by atoms with Gasteiger partial charge in [0, 0.05) is 32.2 Å². The summed E-state index contributed by atoms with van der Waals surface area (Å²) in [6.45, 7) is 5.63. The molecule has 6 heteroatoms. The van der Waals surface area contributed by atoms with Crippen molar-refractivity contribution in [2.75, 3.05) is 20.3 Å². The van der Waals surface area contributed by atoms with E-state index in [1.807, 2.05) is 18.7 Å². The number of fused-ring (bicyclic) bond motifs is 1. The zero-order chi connectivity index (χ0) is 18.3. The lowest BCUT2D eigenvalue weighted by molar-refractivity contribution is -0.0977. The van der Waals surface area contributed by atoms with E-state index in [0.717, 1.165) is 44.0 Å². The first-order chi connectivity index (χ1) is 12.5. The lowest BCUT2D eigenvalue weighted by Crippen LogP contribution is -2.53. The van der Waals surface area contributed by atoms with Gasteiger partial charge in [-0.1, -0.05) is 19.0 Å². The van der Waals surface area contributed by atoms with Crippen LogP contribution in [0.2, 0.25) is 0 Å². The van der Waals surface area contributed by atoms with E-state index in [-0.39, 0.29) is 29.6 Å². The molecule has 3 atom stereocenters. The Morgan fingerprint density at radius 3 is 2.85 bits per heavy atom. The number of carbonyl (C=O) groups is 1. The van der Waals surface area contributed by atoms with Crippen LogP contribution in [-0.4, -0.2) is 54.0 Å². The minimum atomic E-state index is -0.236. The number of likely N-dealkylation sites (tertiary alicyclic amines) is 1. The fourth-order valence-electron chi connectivity index (χ4n) is 4.42. The Labute approximate surface area is 155 Å². The maximum atomic E-state index is 13.1. The summed E-state index contributed by atoms with van der Waals surface area (Å²) < 4.78 is 17.4. The molecule has 1 amide bonds. The van der Waals surface area contributed by atoms with E-state index in [1.54, 1.807) is 13.2 Å². The minimum Gasteiger partial charge on any atom is -0.378 e. The lowest BCUT2D eigenvalue weighted by atomic mass is 9.79. The van der Waals surface area contributed by atoms with Crippen molar-refractivity contribution in [2.24, 2.45) is 5.92 Å². The van der Waals surface area contributed by atoms with E-state index in [0.29, 0.717) is 12.2 Å². The standard InChI is InChI=1S/C20H30N2O4/c1-13(2)17-11-16(21-26-17)19(23)22-9-8-20(24-3)7-6-15(10-18(20)22)25-12-14-4-5-14/h11,13-15,18H,4-10,12H2,1-3H3. The normalized spacial score (nSPS) is 31.5. The molecular formula is C20H30N2O4. The first-order valence-electron chi connectivity index (χ1n) is 9.97. The molecule has 1 saturated heterocycles. The Bertz CT molecular complexity index is 654. The molecular weight excluding hydrogens is 332 g/mol. The number of ether oxygens (including phenoxy) is 2. The number of carbonyl (C=O) groups excluding carboxylic acids is 1. The molecule has 3 unspecified atom stereocenters. The topological polar surface area (TPSA) is 64.8 Å². The summed E-state index contributed by atoms with van der Waals surface area (Å²) in [5.74, 6) is 1.68. The Morgan fingerprint density at radius 2 is 2.19 bits per heavy atom. The van der Waals surface area contributed by atoms with E-state index in [4.69, 9.17) is 14.0 Å². The third-order valence-electron chi connectivity index (χ3n) is 6.38. The number of nitrogens with zero attached hydrogens (tertiary/aromatic N) is 2. The summed E-state index contributed by atoms with van der Waals surface area (Å²) in [6.07, 6.45) is 6.51. The Kier molecular flexibility index (Phi) is 4.82. The third kappa shape index (κ3) is 3.29. The van der Waals surface area contributed by atoms with Crippen molar-refractivity contribution in [1.82, 2.24) is 10.1 Å². The van der Waals surface area contributed by atoms with Crippen LogP contribution < -0.4 is 0 Å². The molecule has 3 fully saturated rings. The Morgan fingerprint density at radius 1 is 1.38 bits per heavy atom. The number of methoxy groups -OCH3 is 1. The van der Waals surface area contributed by atoms with Crippen molar-refractivity contribution in [3.8, 4) is 0 Å². The predicted octanol–water partition coefficient (Wildman–Crippen LogP) is 3.38. The highest BCUT2D eigenvalue weighted by Crippen LogP contribution is 2.44. The SMILES string of the molecule is COC12CCC(OCC3CC3)CC1N(C(=O)c1cc(C(C)C)on1)CC2. The van der Waals surface area contributed by atoms with Crippen LogP contribution in [0.4, 0.5) is 0 Å². The molecule has 4 rings (SSSR count). The Hall–Kier alpha value is -1.40. The van der Waals surface area contributed by atoms with Gasteiger partial charge in [-0.25, -0.2) is 0 Å². The number of aromatic nitrogens is 1. The van der Waals surface area contributed by atoms with Gasteiger partial charge >= 0.3 is 0 Å². The molecule has 0 bridgehead atoms. The van der Waals surface area contributed by atoms with Crippen LogP contribution in [0.15, 0.2) is 10.6 Å². The first-order valence-corrected chi connectivity index (χ1v) is 9.97. The van der Waals surface area contributed by atoms with Gasteiger partial charge in [-0.05, 0) is 44.4 Å². The van der Waals surface area contributed by atoms with Crippen molar-refractivity contribution in [3.05, 3.63) is 17.5 Å².